The molecule has 0 unspecified atom stereocenters. The average Bonchev–Trinajstić information content (AvgIpc) is 2.90. The van der Waals surface area contributed by atoms with Crippen molar-refractivity contribution in [2.45, 2.75) is 26.3 Å². The van der Waals surface area contributed by atoms with Crippen molar-refractivity contribution in [1.82, 2.24) is 14.8 Å². The van der Waals surface area contributed by atoms with Gasteiger partial charge in [0.15, 0.2) is 0 Å². The van der Waals surface area contributed by atoms with Crippen molar-refractivity contribution >= 4 is 11.6 Å². The van der Waals surface area contributed by atoms with E-state index < -0.39 is 0 Å². The Morgan fingerprint density at radius 1 is 1.04 bits per heavy atom. The van der Waals surface area contributed by atoms with E-state index in [2.05, 4.69) is 54.1 Å². The molecule has 0 radical (unpaired) electrons. The maximum Gasteiger partial charge on any atom is 0.244 e. The fourth-order valence-corrected chi connectivity index (χ4v) is 3.78. The number of carbonyl (C=O) groups is 1. The number of carbonyl (C=O) groups excluding carboxylic acids is 1. The van der Waals surface area contributed by atoms with E-state index in [4.69, 9.17) is 0 Å². The van der Waals surface area contributed by atoms with Crippen LogP contribution in [-0.2, 0) is 4.79 Å². The van der Waals surface area contributed by atoms with Crippen molar-refractivity contribution < 1.29 is 4.79 Å². The zero-order chi connectivity index (χ0) is 19.4. The monoisotopic (exact) mass is 366 g/mol. The minimum atomic E-state index is -0.236. The number of hydrogen-bond donors (Lipinski definition) is 0. The highest BCUT2D eigenvalue weighted by Gasteiger charge is 2.29. The number of benzene rings is 1. The maximum absolute atomic E-state index is 13.3. The second-order valence-corrected chi connectivity index (χ2v) is 7.60. The Labute approximate surface area is 162 Å². The maximum atomic E-state index is 13.3. The molecule has 144 valence electrons. The highest BCUT2D eigenvalue weighted by atomic mass is 16.2. The average molecular weight is 367 g/mol. The summed E-state index contributed by atoms with van der Waals surface area (Å²) >= 11 is 0. The lowest BCUT2D eigenvalue weighted by molar-refractivity contribution is -0.136. The van der Waals surface area contributed by atoms with E-state index in [9.17, 15) is 4.79 Å². The second kappa shape index (κ2) is 8.53. The van der Waals surface area contributed by atoms with Gasteiger partial charge in [-0.25, -0.2) is 0 Å². The summed E-state index contributed by atoms with van der Waals surface area (Å²) in [5.74, 6) is 0.192. The molecule has 1 amide bonds. The number of rotatable bonds is 4. The molecule has 2 aromatic rings. The molecule has 0 aliphatic carbocycles. The van der Waals surface area contributed by atoms with Crippen LogP contribution in [-0.4, -0.2) is 61.0 Å². The molecule has 5 nitrogen and oxygen atoms in total. The Hall–Kier alpha value is -2.40. The van der Waals surface area contributed by atoms with Crippen LogP contribution < -0.4 is 4.90 Å². The summed E-state index contributed by atoms with van der Waals surface area (Å²) in [6.07, 6.45) is 4.72. The van der Waals surface area contributed by atoms with Crippen LogP contribution >= 0.6 is 0 Å². The number of hydrogen-bond acceptors (Lipinski definition) is 4. The normalized spacial score (nSPS) is 16.3. The number of pyridine rings is 1. The predicted octanol–water partition coefficient (Wildman–Crippen LogP) is 3.04. The van der Waals surface area contributed by atoms with Crippen LogP contribution in [0.25, 0.3) is 0 Å². The van der Waals surface area contributed by atoms with Gasteiger partial charge in [-0.1, -0.05) is 29.8 Å². The van der Waals surface area contributed by atoms with Crippen LogP contribution in [0.4, 0.5) is 5.69 Å². The molecule has 2 heterocycles. The molecule has 3 rings (SSSR count). The quantitative estimate of drug-likeness (QED) is 0.834. The van der Waals surface area contributed by atoms with E-state index in [1.807, 2.05) is 36.3 Å². The molecule has 0 spiro atoms. The summed E-state index contributed by atoms with van der Waals surface area (Å²) < 4.78 is 0. The van der Waals surface area contributed by atoms with Gasteiger partial charge in [0.1, 0.15) is 6.04 Å². The number of aryl methyl sites for hydroxylation is 2. The third kappa shape index (κ3) is 4.48. The summed E-state index contributed by atoms with van der Waals surface area (Å²) in [6, 6.07) is 10.1. The van der Waals surface area contributed by atoms with Crippen molar-refractivity contribution in [3.63, 3.8) is 0 Å². The van der Waals surface area contributed by atoms with E-state index >= 15 is 0 Å². The molecule has 1 aromatic heterocycles. The number of amides is 1. The first-order valence-corrected chi connectivity index (χ1v) is 9.64. The summed E-state index contributed by atoms with van der Waals surface area (Å²) in [4.78, 5) is 24.0. The zero-order valence-electron chi connectivity index (χ0n) is 16.9. The summed E-state index contributed by atoms with van der Waals surface area (Å²) in [5, 5.41) is 0. The minimum Gasteiger partial charge on any atom is -0.369 e. The molecule has 0 saturated carbocycles. The number of likely N-dealkylation sites (N-methyl/N-ethyl adjacent to an activating group) is 1. The van der Waals surface area contributed by atoms with Crippen LogP contribution in [0.3, 0.4) is 0 Å². The Kier molecular flexibility index (Phi) is 6.11. The molecule has 27 heavy (non-hydrogen) atoms. The zero-order valence-corrected chi connectivity index (χ0v) is 16.9. The molecule has 0 bridgehead atoms. The first-order valence-electron chi connectivity index (χ1n) is 9.64. The first-order chi connectivity index (χ1) is 13.0. The van der Waals surface area contributed by atoms with Gasteiger partial charge >= 0.3 is 0 Å². The minimum absolute atomic E-state index is 0.192. The SMILES string of the molecule is Cc1ccc([C@@H](C(=O)N2CCCN(c3ccncc3C)CC2)N(C)C)cc1. The highest BCUT2D eigenvalue weighted by molar-refractivity contribution is 5.83. The summed E-state index contributed by atoms with van der Waals surface area (Å²) in [7, 11) is 3.96. The topological polar surface area (TPSA) is 39.7 Å². The van der Waals surface area contributed by atoms with Crippen molar-refractivity contribution in [3.05, 3.63) is 59.4 Å². The third-order valence-corrected chi connectivity index (χ3v) is 5.28. The molecule has 1 atom stereocenters. The van der Waals surface area contributed by atoms with Crippen molar-refractivity contribution in [2.75, 3.05) is 45.2 Å². The molecule has 1 fully saturated rings. The Morgan fingerprint density at radius 2 is 1.78 bits per heavy atom. The van der Waals surface area contributed by atoms with Gasteiger partial charge in [0, 0.05) is 44.3 Å². The predicted molar refractivity (Wildman–Crippen MR) is 110 cm³/mol. The van der Waals surface area contributed by atoms with Gasteiger partial charge in [-0.05, 0) is 51.6 Å². The van der Waals surface area contributed by atoms with Gasteiger partial charge in [0.2, 0.25) is 5.91 Å². The lowest BCUT2D eigenvalue weighted by Gasteiger charge is -2.30. The van der Waals surface area contributed by atoms with Crippen LogP contribution in [0.1, 0.15) is 29.2 Å². The van der Waals surface area contributed by atoms with Crippen LogP contribution in [0.5, 0.6) is 0 Å². The van der Waals surface area contributed by atoms with Gasteiger partial charge in [0.05, 0.1) is 0 Å². The van der Waals surface area contributed by atoms with Gasteiger partial charge in [-0.15, -0.1) is 0 Å². The van der Waals surface area contributed by atoms with Crippen molar-refractivity contribution in [2.24, 2.45) is 0 Å². The number of aromatic nitrogens is 1. The van der Waals surface area contributed by atoms with E-state index in [-0.39, 0.29) is 11.9 Å². The highest BCUT2D eigenvalue weighted by Crippen LogP contribution is 2.24. The number of anilines is 1. The van der Waals surface area contributed by atoms with Gasteiger partial charge in [-0.2, -0.15) is 0 Å². The lowest BCUT2D eigenvalue weighted by atomic mass is 10.0. The van der Waals surface area contributed by atoms with E-state index in [0.29, 0.717) is 0 Å². The lowest BCUT2D eigenvalue weighted by Crippen LogP contribution is -2.42. The van der Waals surface area contributed by atoms with Gasteiger partial charge in [-0.3, -0.25) is 14.7 Å². The van der Waals surface area contributed by atoms with E-state index in [0.717, 1.165) is 38.2 Å². The standard InChI is InChI=1S/C22H30N4O/c1-17-6-8-19(9-7-17)21(24(3)4)22(27)26-13-5-12-25(14-15-26)20-10-11-23-16-18(20)2/h6-11,16,21H,5,12-15H2,1-4H3/t21-/m0/s1. The molecular formula is C22H30N4O. The van der Waals surface area contributed by atoms with E-state index in [1.165, 1.54) is 16.8 Å². The Balaban J connectivity index is 1.74. The Morgan fingerprint density at radius 3 is 2.44 bits per heavy atom. The second-order valence-electron chi connectivity index (χ2n) is 7.60. The largest absolute Gasteiger partial charge is 0.369 e. The van der Waals surface area contributed by atoms with E-state index in [1.54, 1.807) is 0 Å². The first kappa shape index (κ1) is 19.4. The Bertz CT molecular complexity index is 772. The molecule has 1 aliphatic rings. The van der Waals surface area contributed by atoms with Crippen molar-refractivity contribution in [1.29, 1.82) is 0 Å². The molecular weight excluding hydrogens is 336 g/mol. The van der Waals surface area contributed by atoms with Crippen LogP contribution in [0.15, 0.2) is 42.7 Å². The van der Waals surface area contributed by atoms with Crippen LogP contribution in [0.2, 0.25) is 0 Å². The fourth-order valence-electron chi connectivity index (χ4n) is 3.78. The fraction of sp³-hybridized carbons (Fsp3) is 0.455. The summed E-state index contributed by atoms with van der Waals surface area (Å²) in [6.45, 7) is 7.53. The van der Waals surface area contributed by atoms with Gasteiger partial charge < -0.3 is 9.80 Å². The smallest absolute Gasteiger partial charge is 0.244 e. The molecule has 5 heteroatoms. The van der Waals surface area contributed by atoms with Gasteiger partial charge in [0.25, 0.3) is 0 Å². The summed E-state index contributed by atoms with van der Waals surface area (Å²) in [5.41, 5.74) is 4.67. The number of nitrogens with zero attached hydrogens (tertiary/aromatic N) is 4. The third-order valence-electron chi connectivity index (χ3n) is 5.28. The van der Waals surface area contributed by atoms with Crippen molar-refractivity contribution in [3.8, 4) is 0 Å². The molecule has 0 N–H and O–H groups in total. The molecule has 1 saturated heterocycles. The molecule has 1 aliphatic heterocycles. The molecule has 1 aromatic carbocycles. The van der Waals surface area contributed by atoms with Crippen LogP contribution in [0, 0.1) is 13.8 Å².